The van der Waals surface area contributed by atoms with E-state index in [1.165, 1.54) is 14.2 Å². The normalized spacial score (nSPS) is 11.0. The topological polar surface area (TPSA) is 56.8 Å². The first-order valence-corrected chi connectivity index (χ1v) is 7.32. The fraction of sp³-hybridized carbons (Fsp3) is 0.300. The Labute approximate surface area is 105 Å². The van der Waals surface area contributed by atoms with Gasteiger partial charge in [-0.2, -0.15) is 0 Å². The molecule has 94 valence electrons. The van der Waals surface area contributed by atoms with Crippen LogP contribution in [0.3, 0.4) is 0 Å². The highest BCUT2D eigenvalue weighted by atomic mass is 32.5. The Balaban J connectivity index is 2.90. The molecule has 0 aromatic heterocycles. The van der Waals surface area contributed by atoms with Gasteiger partial charge in [-0.3, -0.25) is 4.79 Å². The van der Waals surface area contributed by atoms with Gasteiger partial charge < -0.3 is 18.9 Å². The van der Waals surface area contributed by atoms with Crippen molar-refractivity contribution in [3.8, 4) is 5.75 Å². The summed E-state index contributed by atoms with van der Waals surface area (Å²) in [5.74, 6) is 0.547. The van der Waals surface area contributed by atoms with E-state index in [9.17, 15) is 4.79 Å². The van der Waals surface area contributed by atoms with Crippen molar-refractivity contribution in [2.24, 2.45) is 0 Å². The van der Waals surface area contributed by atoms with Crippen molar-refractivity contribution < 1.29 is 18.4 Å². The molecule has 0 aliphatic heterocycles. The molecule has 0 saturated heterocycles. The predicted molar refractivity (Wildman–Crippen MR) is 69.8 cm³/mol. The van der Waals surface area contributed by atoms with Crippen molar-refractivity contribution in [2.75, 3.05) is 19.5 Å². The lowest BCUT2D eigenvalue weighted by molar-refractivity contribution is -0.105. The van der Waals surface area contributed by atoms with E-state index in [2.05, 4.69) is 5.32 Å². The zero-order chi connectivity index (χ0) is 12.9. The molecule has 0 fully saturated rings. The largest absolute Gasteiger partial charge is 0.424 e. The molecule has 1 N–H and O–H groups in total. The van der Waals surface area contributed by atoms with E-state index in [1.807, 2.05) is 6.92 Å². The molecule has 7 heteroatoms. The number of hydrogen-bond acceptors (Lipinski definition) is 5. The van der Waals surface area contributed by atoms with Crippen LogP contribution in [-0.2, 0) is 25.6 Å². The average molecular weight is 275 g/mol. The number of nitrogens with one attached hydrogen (secondary N) is 1. The second-order valence-electron chi connectivity index (χ2n) is 3.14. The van der Waals surface area contributed by atoms with Crippen LogP contribution in [0.4, 0.5) is 5.69 Å². The number of rotatable bonds is 6. The minimum absolute atomic E-state index is 0.547. The predicted octanol–water partition coefficient (Wildman–Crippen LogP) is 2.46. The van der Waals surface area contributed by atoms with Gasteiger partial charge >= 0.3 is 6.72 Å². The Morgan fingerprint density at radius 3 is 2.47 bits per heavy atom. The van der Waals surface area contributed by atoms with Gasteiger partial charge in [-0.05, 0) is 30.7 Å². The molecule has 17 heavy (non-hydrogen) atoms. The average Bonchev–Trinajstić information content (AvgIpc) is 2.33. The molecule has 1 rings (SSSR count). The molecule has 1 aromatic carbocycles. The van der Waals surface area contributed by atoms with E-state index < -0.39 is 6.72 Å². The third-order valence-electron chi connectivity index (χ3n) is 2.08. The summed E-state index contributed by atoms with van der Waals surface area (Å²) in [6.45, 7) is -0.861. The number of carbonyl (C=O) groups is 1. The highest BCUT2D eigenvalue weighted by Crippen LogP contribution is 2.48. The van der Waals surface area contributed by atoms with E-state index in [-0.39, 0.29) is 0 Å². The molecule has 0 spiro atoms. The number of amides is 1. The quantitative estimate of drug-likeness (QED) is 0.638. The Bertz CT molecular complexity index is 444. The smallest absolute Gasteiger partial charge is 0.380 e. The second-order valence-corrected chi connectivity index (χ2v) is 6.29. The molecule has 0 aliphatic rings. The summed E-state index contributed by atoms with van der Waals surface area (Å²) in [4.78, 5) is 10.3. The fourth-order valence-electron chi connectivity index (χ4n) is 1.20. The maximum atomic E-state index is 10.3. The first kappa shape index (κ1) is 14.1. The second kappa shape index (κ2) is 6.12. The van der Waals surface area contributed by atoms with Crippen LogP contribution in [0.15, 0.2) is 18.2 Å². The van der Waals surface area contributed by atoms with Gasteiger partial charge in [0.25, 0.3) is 0 Å². The van der Waals surface area contributed by atoms with Gasteiger partial charge in [-0.1, -0.05) is 0 Å². The number of benzene rings is 1. The van der Waals surface area contributed by atoms with Crippen LogP contribution >= 0.6 is 6.72 Å². The van der Waals surface area contributed by atoms with Crippen LogP contribution < -0.4 is 9.84 Å². The van der Waals surface area contributed by atoms with Gasteiger partial charge in [0.15, 0.2) is 0 Å². The molecule has 5 nitrogen and oxygen atoms in total. The number of anilines is 1. The highest BCUT2D eigenvalue weighted by molar-refractivity contribution is 8.07. The number of aryl methyl sites for hydroxylation is 1. The van der Waals surface area contributed by atoms with Crippen molar-refractivity contribution in [2.45, 2.75) is 6.92 Å². The summed E-state index contributed by atoms with van der Waals surface area (Å²) in [6.07, 6.45) is 0.623. The van der Waals surface area contributed by atoms with Crippen LogP contribution in [0.5, 0.6) is 5.75 Å². The van der Waals surface area contributed by atoms with Gasteiger partial charge in [0.05, 0.1) is 0 Å². The van der Waals surface area contributed by atoms with Crippen molar-refractivity contribution in [3.05, 3.63) is 23.8 Å². The van der Waals surface area contributed by atoms with Crippen molar-refractivity contribution in [3.63, 3.8) is 0 Å². The highest BCUT2D eigenvalue weighted by Gasteiger charge is 2.18. The maximum absolute atomic E-state index is 10.3. The summed E-state index contributed by atoms with van der Waals surface area (Å²) in [7, 11) is 2.89. The molecule has 0 atom stereocenters. The summed E-state index contributed by atoms with van der Waals surface area (Å²) < 4.78 is 15.5. The van der Waals surface area contributed by atoms with Crippen LogP contribution in [0, 0.1) is 6.92 Å². The molecular formula is C10H14NO4PS. The Hall–Kier alpha value is -0.940. The maximum Gasteiger partial charge on any atom is 0.380 e. The SMILES string of the molecule is COP(=S)(OC)Oc1ccc(NC=O)c(C)c1. The molecule has 0 aliphatic carbocycles. The van der Waals surface area contributed by atoms with E-state index in [4.69, 9.17) is 25.4 Å². The van der Waals surface area contributed by atoms with Gasteiger partial charge in [-0.15, -0.1) is 0 Å². The lowest BCUT2D eigenvalue weighted by Crippen LogP contribution is -1.99. The van der Waals surface area contributed by atoms with Crippen LogP contribution in [-0.4, -0.2) is 20.6 Å². The van der Waals surface area contributed by atoms with E-state index in [0.29, 0.717) is 12.2 Å². The van der Waals surface area contributed by atoms with Crippen LogP contribution in [0.1, 0.15) is 5.56 Å². The molecule has 1 aromatic rings. The zero-order valence-electron chi connectivity index (χ0n) is 9.80. The summed E-state index contributed by atoms with van der Waals surface area (Å²) >= 11 is 5.09. The molecule has 0 bridgehead atoms. The minimum atomic E-state index is -2.71. The lowest BCUT2D eigenvalue weighted by atomic mass is 10.2. The Morgan fingerprint density at radius 1 is 1.35 bits per heavy atom. The van der Waals surface area contributed by atoms with Crippen molar-refractivity contribution >= 4 is 30.6 Å². The zero-order valence-corrected chi connectivity index (χ0v) is 11.5. The third-order valence-corrected chi connectivity index (χ3v) is 4.52. The van der Waals surface area contributed by atoms with Gasteiger partial charge in [-0.25, -0.2) is 0 Å². The first-order chi connectivity index (χ1) is 8.04. The van der Waals surface area contributed by atoms with E-state index >= 15 is 0 Å². The van der Waals surface area contributed by atoms with E-state index in [0.717, 1.165) is 11.3 Å². The van der Waals surface area contributed by atoms with Gasteiger partial charge in [0.2, 0.25) is 6.41 Å². The molecule has 0 heterocycles. The number of hydrogen-bond donors (Lipinski definition) is 1. The fourth-order valence-corrected chi connectivity index (χ4v) is 2.12. The summed E-state index contributed by atoms with van der Waals surface area (Å²) in [6, 6.07) is 5.17. The Kier molecular flexibility index (Phi) is 5.08. The van der Waals surface area contributed by atoms with Crippen molar-refractivity contribution in [1.82, 2.24) is 0 Å². The monoisotopic (exact) mass is 275 g/mol. The summed E-state index contributed by atoms with van der Waals surface area (Å²) in [5, 5.41) is 2.58. The standard InChI is InChI=1S/C10H14NO4PS/c1-8-6-9(4-5-10(8)11-7-12)15-16(17,13-2)14-3/h4-7H,1-3H3,(H,11,12). The summed E-state index contributed by atoms with van der Waals surface area (Å²) in [5.41, 5.74) is 1.58. The molecular weight excluding hydrogens is 261 g/mol. The molecule has 1 amide bonds. The van der Waals surface area contributed by atoms with Gasteiger partial charge in [0, 0.05) is 31.7 Å². The van der Waals surface area contributed by atoms with Gasteiger partial charge in [0.1, 0.15) is 5.75 Å². The Morgan fingerprint density at radius 2 is 2.00 bits per heavy atom. The lowest BCUT2D eigenvalue weighted by Gasteiger charge is -2.18. The molecule has 0 unspecified atom stereocenters. The molecule has 0 radical (unpaired) electrons. The number of carbonyl (C=O) groups excluding carboxylic acids is 1. The third kappa shape index (κ3) is 3.78. The minimum Gasteiger partial charge on any atom is -0.424 e. The van der Waals surface area contributed by atoms with Crippen LogP contribution in [0.25, 0.3) is 0 Å². The molecule has 0 saturated carbocycles. The van der Waals surface area contributed by atoms with Crippen molar-refractivity contribution in [1.29, 1.82) is 0 Å². The first-order valence-electron chi connectivity index (χ1n) is 4.76. The van der Waals surface area contributed by atoms with Crippen LogP contribution in [0.2, 0.25) is 0 Å². The van der Waals surface area contributed by atoms with E-state index in [1.54, 1.807) is 18.2 Å².